The van der Waals surface area contributed by atoms with Crippen molar-refractivity contribution in [2.45, 2.75) is 37.8 Å². The van der Waals surface area contributed by atoms with Gasteiger partial charge in [0.15, 0.2) is 0 Å². The summed E-state index contributed by atoms with van der Waals surface area (Å²) < 4.78 is 10.7. The summed E-state index contributed by atoms with van der Waals surface area (Å²) in [6, 6.07) is 0.419. The molecule has 0 aliphatic carbocycles. The van der Waals surface area contributed by atoms with E-state index in [0.29, 0.717) is 12.1 Å². The zero-order valence-corrected chi connectivity index (χ0v) is 9.71. The maximum absolute atomic E-state index is 5.56. The van der Waals surface area contributed by atoms with Gasteiger partial charge in [0.2, 0.25) is 0 Å². The second kappa shape index (κ2) is 8.05. The fourth-order valence-corrected chi connectivity index (χ4v) is 1.91. The van der Waals surface area contributed by atoms with Crippen molar-refractivity contribution in [1.82, 2.24) is 5.32 Å². The van der Waals surface area contributed by atoms with Crippen molar-refractivity contribution in [1.29, 1.82) is 0 Å². The molecule has 0 aromatic heterocycles. The molecule has 0 aromatic rings. The van der Waals surface area contributed by atoms with Gasteiger partial charge in [-0.2, -0.15) is 0 Å². The Labute approximate surface area is 92.5 Å². The smallest absolute Gasteiger partial charge is 0.0700 e. The van der Waals surface area contributed by atoms with Gasteiger partial charge in [0.1, 0.15) is 0 Å². The number of methoxy groups -OCH3 is 1. The Hall–Kier alpha value is -0.160. The van der Waals surface area contributed by atoms with Crippen LogP contribution in [0, 0.1) is 0 Å². The van der Waals surface area contributed by atoms with Crippen molar-refractivity contribution in [3.8, 4) is 0 Å². The molecule has 2 unspecified atom stereocenters. The summed E-state index contributed by atoms with van der Waals surface area (Å²) in [6.45, 7) is 3.37. The molecular formula is C11H24N2O2. The first-order chi connectivity index (χ1) is 7.36. The number of hydrogen-bond donors (Lipinski definition) is 2. The van der Waals surface area contributed by atoms with Crippen LogP contribution >= 0.6 is 0 Å². The van der Waals surface area contributed by atoms with Crippen LogP contribution < -0.4 is 11.1 Å². The lowest BCUT2D eigenvalue weighted by Crippen LogP contribution is -2.38. The molecule has 1 rings (SSSR count). The topological polar surface area (TPSA) is 56.5 Å². The number of rotatable bonds is 8. The van der Waals surface area contributed by atoms with Crippen molar-refractivity contribution >= 4 is 0 Å². The first-order valence-electron chi connectivity index (χ1n) is 5.90. The number of ether oxygens (including phenoxy) is 2. The second-order valence-electron chi connectivity index (χ2n) is 4.13. The van der Waals surface area contributed by atoms with Crippen LogP contribution in [0.2, 0.25) is 0 Å². The predicted molar refractivity (Wildman–Crippen MR) is 60.9 cm³/mol. The van der Waals surface area contributed by atoms with Crippen molar-refractivity contribution < 1.29 is 9.47 Å². The Morgan fingerprint density at radius 1 is 1.60 bits per heavy atom. The van der Waals surface area contributed by atoms with Crippen LogP contribution in [-0.4, -0.2) is 45.6 Å². The third-order valence-electron chi connectivity index (χ3n) is 2.78. The average molecular weight is 216 g/mol. The molecule has 4 heteroatoms. The van der Waals surface area contributed by atoms with Crippen LogP contribution in [0.3, 0.4) is 0 Å². The van der Waals surface area contributed by atoms with Gasteiger partial charge in [-0.1, -0.05) is 0 Å². The Bertz CT molecular complexity index is 150. The van der Waals surface area contributed by atoms with Crippen LogP contribution in [0.4, 0.5) is 0 Å². The fourth-order valence-electron chi connectivity index (χ4n) is 1.91. The zero-order valence-electron chi connectivity index (χ0n) is 9.71. The maximum atomic E-state index is 5.56. The minimum absolute atomic E-state index is 0.405. The first kappa shape index (κ1) is 12.9. The molecular weight excluding hydrogens is 192 g/mol. The number of hydrogen-bond acceptors (Lipinski definition) is 4. The summed E-state index contributed by atoms with van der Waals surface area (Å²) in [6.07, 6.45) is 4.92. The van der Waals surface area contributed by atoms with Gasteiger partial charge in [-0.05, 0) is 32.2 Å². The van der Waals surface area contributed by atoms with E-state index in [-0.39, 0.29) is 0 Å². The fraction of sp³-hybridized carbons (Fsp3) is 1.00. The third-order valence-corrected chi connectivity index (χ3v) is 2.78. The third kappa shape index (κ3) is 5.47. The summed E-state index contributed by atoms with van der Waals surface area (Å²) in [5.41, 5.74) is 5.50. The number of nitrogens with two attached hydrogens (primary N) is 1. The first-order valence-corrected chi connectivity index (χ1v) is 5.90. The van der Waals surface area contributed by atoms with E-state index in [0.717, 1.165) is 39.1 Å². The van der Waals surface area contributed by atoms with Gasteiger partial charge in [0.05, 0.1) is 12.7 Å². The molecule has 2 atom stereocenters. The molecule has 0 amide bonds. The number of nitrogens with one attached hydrogen (secondary N) is 1. The summed E-state index contributed by atoms with van der Waals surface area (Å²) in [7, 11) is 1.74. The van der Waals surface area contributed by atoms with Gasteiger partial charge < -0.3 is 20.5 Å². The molecule has 1 aliphatic heterocycles. The molecule has 3 N–H and O–H groups in total. The Morgan fingerprint density at radius 2 is 2.47 bits per heavy atom. The van der Waals surface area contributed by atoms with E-state index >= 15 is 0 Å². The molecule has 0 aromatic carbocycles. The largest absolute Gasteiger partial charge is 0.383 e. The van der Waals surface area contributed by atoms with Crippen molar-refractivity contribution in [2.24, 2.45) is 5.73 Å². The summed E-state index contributed by atoms with van der Waals surface area (Å²) in [4.78, 5) is 0. The lowest BCUT2D eigenvalue weighted by Gasteiger charge is -2.19. The Balaban J connectivity index is 2.11. The van der Waals surface area contributed by atoms with E-state index in [1.165, 1.54) is 12.8 Å². The molecule has 0 radical (unpaired) electrons. The van der Waals surface area contributed by atoms with E-state index in [4.69, 9.17) is 15.2 Å². The van der Waals surface area contributed by atoms with Crippen molar-refractivity contribution in [2.75, 3.05) is 33.4 Å². The van der Waals surface area contributed by atoms with Gasteiger partial charge in [-0.3, -0.25) is 0 Å². The summed E-state index contributed by atoms with van der Waals surface area (Å²) in [5.74, 6) is 0. The minimum Gasteiger partial charge on any atom is -0.383 e. The normalized spacial score (nSPS) is 23.2. The maximum Gasteiger partial charge on any atom is 0.0700 e. The molecule has 1 saturated heterocycles. The van der Waals surface area contributed by atoms with Crippen LogP contribution in [0.5, 0.6) is 0 Å². The average Bonchev–Trinajstić information content (AvgIpc) is 2.75. The van der Waals surface area contributed by atoms with E-state index < -0.39 is 0 Å². The predicted octanol–water partition coefficient (Wildman–Crippen LogP) is 0.509. The highest BCUT2D eigenvalue weighted by Gasteiger charge is 2.16. The molecule has 0 bridgehead atoms. The highest BCUT2D eigenvalue weighted by molar-refractivity contribution is 4.72. The van der Waals surface area contributed by atoms with E-state index in [9.17, 15) is 0 Å². The molecule has 1 fully saturated rings. The molecule has 0 spiro atoms. The lowest BCUT2D eigenvalue weighted by molar-refractivity contribution is 0.0983. The van der Waals surface area contributed by atoms with Crippen LogP contribution in [0.25, 0.3) is 0 Å². The van der Waals surface area contributed by atoms with Crippen molar-refractivity contribution in [3.63, 3.8) is 0 Å². The van der Waals surface area contributed by atoms with E-state index in [1.54, 1.807) is 7.11 Å². The van der Waals surface area contributed by atoms with Gasteiger partial charge in [0, 0.05) is 26.3 Å². The SMILES string of the molecule is COCC(CCCN)NCC1CCCO1. The molecule has 0 saturated carbocycles. The van der Waals surface area contributed by atoms with Crippen LogP contribution in [0.1, 0.15) is 25.7 Å². The van der Waals surface area contributed by atoms with Crippen LogP contribution in [-0.2, 0) is 9.47 Å². The summed E-state index contributed by atoms with van der Waals surface area (Å²) in [5, 5.41) is 3.49. The van der Waals surface area contributed by atoms with Gasteiger partial charge >= 0.3 is 0 Å². The summed E-state index contributed by atoms with van der Waals surface area (Å²) >= 11 is 0. The van der Waals surface area contributed by atoms with Crippen LogP contribution in [0.15, 0.2) is 0 Å². The zero-order chi connectivity index (χ0) is 10.9. The lowest BCUT2D eigenvalue weighted by atomic mass is 10.1. The Morgan fingerprint density at radius 3 is 3.07 bits per heavy atom. The molecule has 1 aliphatic rings. The van der Waals surface area contributed by atoms with E-state index in [1.807, 2.05) is 0 Å². The Kier molecular flexibility index (Phi) is 6.92. The van der Waals surface area contributed by atoms with Crippen molar-refractivity contribution in [3.05, 3.63) is 0 Å². The molecule has 90 valence electrons. The quantitative estimate of drug-likeness (QED) is 0.620. The standard InChI is InChI=1S/C11H24N2O2/c1-14-9-10(4-2-6-12)13-8-11-5-3-7-15-11/h10-11,13H,2-9,12H2,1H3. The second-order valence-corrected chi connectivity index (χ2v) is 4.13. The molecule has 1 heterocycles. The molecule has 4 nitrogen and oxygen atoms in total. The van der Waals surface area contributed by atoms with Gasteiger partial charge in [-0.15, -0.1) is 0 Å². The minimum atomic E-state index is 0.405. The van der Waals surface area contributed by atoms with Gasteiger partial charge in [0.25, 0.3) is 0 Å². The molecule has 15 heavy (non-hydrogen) atoms. The highest BCUT2D eigenvalue weighted by Crippen LogP contribution is 2.11. The van der Waals surface area contributed by atoms with Gasteiger partial charge in [-0.25, -0.2) is 0 Å². The monoisotopic (exact) mass is 216 g/mol. The highest BCUT2D eigenvalue weighted by atomic mass is 16.5. The van der Waals surface area contributed by atoms with E-state index in [2.05, 4.69) is 5.32 Å².